The number of methoxy groups -OCH3 is 2. The monoisotopic (exact) mass is 387 g/mol. The molecule has 0 spiro atoms. The Morgan fingerprint density at radius 1 is 1.22 bits per heavy atom. The van der Waals surface area contributed by atoms with Crippen molar-refractivity contribution in [3.8, 4) is 11.5 Å². The second-order valence-electron chi connectivity index (χ2n) is 6.05. The van der Waals surface area contributed by atoms with E-state index >= 15 is 0 Å². The van der Waals surface area contributed by atoms with Crippen molar-refractivity contribution in [2.45, 2.75) is 19.4 Å². The highest BCUT2D eigenvalue weighted by molar-refractivity contribution is 7.12. The summed E-state index contributed by atoms with van der Waals surface area (Å²) in [6.07, 6.45) is 0.683. The van der Waals surface area contributed by atoms with Gasteiger partial charge >= 0.3 is 0 Å². The number of benzene rings is 1. The molecule has 0 saturated heterocycles. The van der Waals surface area contributed by atoms with Crippen LogP contribution in [-0.2, 0) is 4.79 Å². The maximum atomic E-state index is 13.1. The standard InChI is InChI=1S/C20H21NO5S/c1-4-10-21-16(12-7-5-8-13(25-2)19(12)26-3)15(18(23)20(21)24)17(22)14-9-6-11-27-14/h5-9,11,16,23H,4,10H2,1-3H3. The van der Waals surface area contributed by atoms with Gasteiger partial charge < -0.3 is 19.5 Å². The third kappa shape index (κ3) is 3.19. The summed E-state index contributed by atoms with van der Waals surface area (Å²) in [6.45, 7) is 2.33. The number of Topliss-reactive ketones (excluding diaryl/α,β-unsaturated/α-hetero) is 1. The van der Waals surface area contributed by atoms with E-state index in [9.17, 15) is 14.7 Å². The van der Waals surface area contributed by atoms with Gasteiger partial charge in [-0.05, 0) is 23.9 Å². The zero-order chi connectivity index (χ0) is 19.6. The van der Waals surface area contributed by atoms with Crippen molar-refractivity contribution in [1.29, 1.82) is 0 Å². The number of rotatable bonds is 7. The van der Waals surface area contributed by atoms with Gasteiger partial charge in [-0.1, -0.05) is 25.1 Å². The summed E-state index contributed by atoms with van der Waals surface area (Å²) in [5.41, 5.74) is 0.671. The minimum atomic E-state index is -0.739. The molecule has 0 bridgehead atoms. The van der Waals surface area contributed by atoms with Gasteiger partial charge in [0, 0.05) is 12.1 Å². The average Bonchev–Trinajstić information content (AvgIpc) is 3.30. The molecule has 0 radical (unpaired) electrons. The fourth-order valence-corrected chi connectivity index (χ4v) is 4.03. The summed E-state index contributed by atoms with van der Waals surface area (Å²) in [5, 5.41) is 12.3. The van der Waals surface area contributed by atoms with Crippen molar-refractivity contribution < 1.29 is 24.2 Å². The Morgan fingerprint density at radius 2 is 2.00 bits per heavy atom. The van der Waals surface area contributed by atoms with Crippen molar-refractivity contribution >= 4 is 23.0 Å². The molecule has 0 aliphatic carbocycles. The van der Waals surface area contributed by atoms with Crippen LogP contribution in [0.1, 0.15) is 34.6 Å². The second kappa shape index (κ2) is 7.84. The zero-order valence-electron chi connectivity index (χ0n) is 15.4. The summed E-state index contributed by atoms with van der Waals surface area (Å²) in [5.74, 6) is -0.481. The van der Waals surface area contributed by atoms with Crippen molar-refractivity contribution in [3.63, 3.8) is 0 Å². The van der Waals surface area contributed by atoms with Crippen LogP contribution >= 0.6 is 11.3 Å². The van der Waals surface area contributed by atoms with Crippen LogP contribution in [-0.4, -0.2) is 42.5 Å². The Kier molecular flexibility index (Phi) is 5.51. The molecule has 1 unspecified atom stereocenters. The van der Waals surface area contributed by atoms with E-state index in [1.807, 2.05) is 6.92 Å². The number of thiophene rings is 1. The van der Waals surface area contributed by atoms with Crippen molar-refractivity contribution in [1.82, 2.24) is 4.90 Å². The summed E-state index contributed by atoms with van der Waals surface area (Å²) >= 11 is 1.27. The van der Waals surface area contributed by atoms with Gasteiger partial charge in [0.2, 0.25) is 5.78 Å². The fourth-order valence-electron chi connectivity index (χ4n) is 3.35. The van der Waals surface area contributed by atoms with Gasteiger partial charge in [0.25, 0.3) is 5.91 Å². The van der Waals surface area contributed by atoms with Crippen LogP contribution in [0.3, 0.4) is 0 Å². The Hall–Kier alpha value is -2.80. The van der Waals surface area contributed by atoms with E-state index in [-0.39, 0.29) is 11.4 Å². The number of nitrogens with zero attached hydrogens (tertiary/aromatic N) is 1. The predicted octanol–water partition coefficient (Wildman–Crippen LogP) is 3.75. The van der Waals surface area contributed by atoms with E-state index in [2.05, 4.69) is 0 Å². The molecular formula is C20H21NO5S. The molecule has 1 aromatic carbocycles. The van der Waals surface area contributed by atoms with Crippen LogP contribution < -0.4 is 9.47 Å². The normalized spacial score (nSPS) is 16.8. The molecule has 27 heavy (non-hydrogen) atoms. The highest BCUT2D eigenvalue weighted by Crippen LogP contribution is 2.45. The Bertz CT molecular complexity index is 888. The third-order valence-corrected chi connectivity index (χ3v) is 5.35. The van der Waals surface area contributed by atoms with Crippen LogP contribution in [0, 0.1) is 0 Å². The number of ether oxygens (including phenoxy) is 2. The average molecular weight is 387 g/mol. The highest BCUT2D eigenvalue weighted by atomic mass is 32.1. The quantitative estimate of drug-likeness (QED) is 0.732. The number of aliphatic hydroxyl groups is 1. The minimum Gasteiger partial charge on any atom is -0.503 e. The van der Waals surface area contributed by atoms with Gasteiger partial charge in [-0.15, -0.1) is 11.3 Å². The van der Waals surface area contributed by atoms with Crippen LogP contribution in [0.2, 0.25) is 0 Å². The SMILES string of the molecule is CCCN1C(=O)C(O)=C(C(=O)c2cccs2)C1c1cccc(OC)c1OC. The maximum Gasteiger partial charge on any atom is 0.290 e. The predicted molar refractivity (Wildman–Crippen MR) is 103 cm³/mol. The molecule has 1 aliphatic rings. The van der Waals surface area contributed by atoms with Gasteiger partial charge in [-0.2, -0.15) is 0 Å². The Labute approximate surface area is 161 Å². The first-order valence-corrected chi connectivity index (χ1v) is 9.46. The molecule has 142 valence electrons. The van der Waals surface area contributed by atoms with E-state index in [1.165, 1.54) is 30.5 Å². The van der Waals surface area contributed by atoms with Gasteiger partial charge in [-0.3, -0.25) is 9.59 Å². The van der Waals surface area contributed by atoms with Gasteiger partial charge in [0.05, 0.1) is 30.7 Å². The van der Waals surface area contributed by atoms with Crippen molar-refractivity contribution in [2.75, 3.05) is 20.8 Å². The first kappa shape index (κ1) is 19.0. The molecule has 1 atom stereocenters. The molecule has 1 aliphatic heterocycles. The molecule has 1 amide bonds. The maximum absolute atomic E-state index is 13.1. The lowest BCUT2D eigenvalue weighted by molar-refractivity contribution is -0.129. The summed E-state index contributed by atoms with van der Waals surface area (Å²) in [7, 11) is 3.03. The summed E-state index contributed by atoms with van der Waals surface area (Å²) in [6, 6.07) is 8.00. The van der Waals surface area contributed by atoms with Crippen LogP contribution in [0.15, 0.2) is 47.0 Å². The number of carbonyl (C=O) groups is 2. The first-order valence-electron chi connectivity index (χ1n) is 8.58. The van der Waals surface area contributed by atoms with Gasteiger partial charge in [-0.25, -0.2) is 0 Å². The molecular weight excluding hydrogens is 366 g/mol. The van der Waals surface area contributed by atoms with Crippen LogP contribution in [0.5, 0.6) is 11.5 Å². The van der Waals surface area contributed by atoms with E-state index in [4.69, 9.17) is 9.47 Å². The lowest BCUT2D eigenvalue weighted by Crippen LogP contribution is -2.32. The van der Waals surface area contributed by atoms with E-state index in [0.29, 0.717) is 34.9 Å². The van der Waals surface area contributed by atoms with Crippen LogP contribution in [0.4, 0.5) is 0 Å². The number of aliphatic hydroxyl groups excluding tert-OH is 1. The molecule has 3 rings (SSSR count). The number of amides is 1. The Balaban J connectivity index is 2.19. The minimum absolute atomic E-state index is 0.0717. The van der Waals surface area contributed by atoms with E-state index in [1.54, 1.807) is 35.7 Å². The van der Waals surface area contributed by atoms with Crippen molar-refractivity contribution in [2.24, 2.45) is 0 Å². The van der Waals surface area contributed by atoms with Gasteiger partial charge in [0.1, 0.15) is 0 Å². The number of hydrogen-bond donors (Lipinski definition) is 1. The highest BCUT2D eigenvalue weighted by Gasteiger charge is 2.45. The Morgan fingerprint density at radius 3 is 2.59 bits per heavy atom. The number of para-hydroxylation sites is 1. The first-order chi connectivity index (χ1) is 13.0. The zero-order valence-corrected chi connectivity index (χ0v) is 16.2. The molecule has 0 fully saturated rings. The molecule has 6 nitrogen and oxygen atoms in total. The topological polar surface area (TPSA) is 76.1 Å². The third-order valence-electron chi connectivity index (χ3n) is 4.49. The smallest absolute Gasteiger partial charge is 0.290 e. The molecule has 1 aromatic heterocycles. The lowest BCUT2D eigenvalue weighted by atomic mass is 9.94. The van der Waals surface area contributed by atoms with E-state index < -0.39 is 17.7 Å². The molecule has 2 heterocycles. The summed E-state index contributed by atoms with van der Waals surface area (Å²) in [4.78, 5) is 27.8. The second-order valence-corrected chi connectivity index (χ2v) is 7.00. The van der Waals surface area contributed by atoms with Crippen LogP contribution in [0.25, 0.3) is 0 Å². The van der Waals surface area contributed by atoms with E-state index in [0.717, 1.165) is 0 Å². The number of carbonyl (C=O) groups excluding carboxylic acids is 2. The molecule has 7 heteroatoms. The number of ketones is 1. The van der Waals surface area contributed by atoms with Gasteiger partial charge in [0.15, 0.2) is 17.3 Å². The molecule has 2 aromatic rings. The summed E-state index contributed by atoms with van der Waals surface area (Å²) < 4.78 is 10.9. The molecule has 1 N–H and O–H groups in total. The number of hydrogen-bond acceptors (Lipinski definition) is 6. The molecule has 0 saturated carbocycles. The lowest BCUT2D eigenvalue weighted by Gasteiger charge is -2.28. The van der Waals surface area contributed by atoms with Crippen molar-refractivity contribution in [3.05, 3.63) is 57.5 Å². The fraction of sp³-hybridized carbons (Fsp3) is 0.300. The largest absolute Gasteiger partial charge is 0.503 e.